The lowest BCUT2D eigenvalue weighted by Crippen LogP contribution is -2.37. The summed E-state index contributed by atoms with van der Waals surface area (Å²) in [6.45, 7) is -0.501. The molecule has 1 aromatic rings. The van der Waals surface area contributed by atoms with Crippen molar-refractivity contribution >= 4 is 5.91 Å². The van der Waals surface area contributed by atoms with Crippen LogP contribution in [0, 0.1) is 0 Å². The number of carbonyl (C=O) groups excluding carboxylic acids is 1. The van der Waals surface area contributed by atoms with Crippen LogP contribution in [0.25, 0.3) is 0 Å². The van der Waals surface area contributed by atoms with Gasteiger partial charge in [0.05, 0.1) is 6.61 Å². The van der Waals surface area contributed by atoms with Gasteiger partial charge in [0, 0.05) is 6.20 Å². The largest absolute Gasteiger partial charge is 0.394 e. The Morgan fingerprint density at radius 3 is 2.63 bits per heavy atom. The third-order valence-electron chi connectivity index (χ3n) is 3.03. The molecule has 4 atom stereocenters. The summed E-state index contributed by atoms with van der Waals surface area (Å²) in [7, 11) is 0. The first-order valence-corrected chi connectivity index (χ1v) is 5.60. The number of rotatable bonds is 3. The van der Waals surface area contributed by atoms with E-state index in [2.05, 4.69) is 0 Å². The van der Waals surface area contributed by atoms with E-state index < -0.39 is 42.6 Å². The molecule has 0 spiro atoms. The Morgan fingerprint density at radius 2 is 2.11 bits per heavy atom. The second-order valence-corrected chi connectivity index (χ2v) is 4.23. The average Bonchev–Trinajstić information content (AvgIpc) is 2.66. The number of aliphatic hydroxyl groups is 3. The molecule has 0 saturated carbocycles. The molecule has 8 heteroatoms. The van der Waals surface area contributed by atoms with Gasteiger partial charge in [-0.15, -0.1) is 0 Å². The maximum absolute atomic E-state index is 12.0. The molecule has 104 valence electrons. The van der Waals surface area contributed by atoms with Crippen molar-refractivity contribution < 1.29 is 24.9 Å². The number of ether oxygens (including phenoxy) is 1. The fraction of sp³-hybridized carbons (Fsp3) is 0.455. The molecule has 1 aliphatic rings. The number of nitrogens with zero attached hydrogens (tertiary/aromatic N) is 1. The highest BCUT2D eigenvalue weighted by atomic mass is 16.6. The van der Waals surface area contributed by atoms with Crippen LogP contribution >= 0.6 is 0 Å². The van der Waals surface area contributed by atoms with E-state index >= 15 is 0 Å². The Hall–Kier alpha value is -1.74. The van der Waals surface area contributed by atoms with Gasteiger partial charge < -0.3 is 25.8 Å². The maximum Gasteiger partial charge on any atom is 0.265 e. The fourth-order valence-electron chi connectivity index (χ4n) is 2.01. The quantitative estimate of drug-likeness (QED) is 0.482. The smallest absolute Gasteiger partial charge is 0.265 e. The summed E-state index contributed by atoms with van der Waals surface area (Å²) in [6.07, 6.45) is -3.59. The van der Waals surface area contributed by atoms with Gasteiger partial charge in [0.15, 0.2) is 6.23 Å². The summed E-state index contributed by atoms with van der Waals surface area (Å²) in [5.74, 6) is -0.897. The third-order valence-corrected chi connectivity index (χ3v) is 3.03. The Balaban J connectivity index is 2.41. The zero-order valence-corrected chi connectivity index (χ0v) is 9.84. The normalized spacial score (nSPS) is 30.5. The zero-order valence-electron chi connectivity index (χ0n) is 9.84. The molecular weight excluding hydrogens is 256 g/mol. The Morgan fingerprint density at radius 1 is 1.42 bits per heavy atom. The molecule has 19 heavy (non-hydrogen) atoms. The first-order valence-electron chi connectivity index (χ1n) is 5.60. The highest BCUT2D eigenvalue weighted by Crippen LogP contribution is 2.28. The number of aliphatic hydroxyl groups excluding tert-OH is 3. The maximum atomic E-state index is 12.0. The highest BCUT2D eigenvalue weighted by molar-refractivity contribution is 5.92. The predicted octanol–water partition coefficient (Wildman–Crippen LogP) is -2.44. The van der Waals surface area contributed by atoms with Gasteiger partial charge in [-0.25, -0.2) is 0 Å². The summed E-state index contributed by atoms with van der Waals surface area (Å²) in [6, 6.07) is 2.65. The number of nitrogens with two attached hydrogens (primary N) is 1. The van der Waals surface area contributed by atoms with Crippen LogP contribution in [0.4, 0.5) is 0 Å². The molecule has 2 rings (SSSR count). The number of hydrogen-bond acceptors (Lipinski definition) is 6. The van der Waals surface area contributed by atoms with Crippen LogP contribution in [0.2, 0.25) is 0 Å². The van der Waals surface area contributed by atoms with Crippen molar-refractivity contribution in [2.75, 3.05) is 6.61 Å². The molecule has 0 bridgehead atoms. The summed E-state index contributed by atoms with van der Waals surface area (Å²) >= 11 is 0. The van der Waals surface area contributed by atoms with Gasteiger partial charge in [-0.2, -0.15) is 0 Å². The molecule has 0 radical (unpaired) electrons. The second-order valence-electron chi connectivity index (χ2n) is 4.23. The van der Waals surface area contributed by atoms with Crippen molar-refractivity contribution in [1.82, 2.24) is 4.57 Å². The molecule has 8 nitrogen and oxygen atoms in total. The molecule has 1 amide bonds. The topological polar surface area (TPSA) is 135 Å². The van der Waals surface area contributed by atoms with Gasteiger partial charge >= 0.3 is 0 Å². The Kier molecular flexibility index (Phi) is 3.67. The van der Waals surface area contributed by atoms with Crippen molar-refractivity contribution in [2.45, 2.75) is 24.5 Å². The van der Waals surface area contributed by atoms with Gasteiger partial charge in [-0.1, -0.05) is 0 Å². The first kappa shape index (κ1) is 13.7. The number of primary amides is 1. The Labute approximate surface area is 107 Å². The van der Waals surface area contributed by atoms with E-state index in [0.29, 0.717) is 0 Å². The van der Waals surface area contributed by atoms with Crippen LogP contribution < -0.4 is 11.3 Å². The van der Waals surface area contributed by atoms with E-state index in [0.717, 1.165) is 4.57 Å². The van der Waals surface area contributed by atoms with Crippen molar-refractivity contribution in [3.8, 4) is 0 Å². The zero-order chi connectivity index (χ0) is 14.2. The lowest BCUT2D eigenvalue weighted by molar-refractivity contribution is -0.0544. The van der Waals surface area contributed by atoms with Crippen molar-refractivity contribution in [2.24, 2.45) is 5.73 Å². The number of amides is 1. The van der Waals surface area contributed by atoms with Crippen LogP contribution in [-0.4, -0.2) is 50.7 Å². The molecule has 0 aliphatic carbocycles. The predicted molar refractivity (Wildman–Crippen MR) is 62.2 cm³/mol. The van der Waals surface area contributed by atoms with E-state index in [1.165, 1.54) is 18.3 Å². The summed E-state index contributed by atoms with van der Waals surface area (Å²) in [4.78, 5) is 23.0. The van der Waals surface area contributed by atoms with Gasteiger partial charge in [0.2, 0.25) is 0 Å². The lowest BCUT2D eigenvalue weighted by Gasteiger charge is -2.17. The average molecular weight is 270 g/mol. The number of aromatic nitrogens is 1. The minimum atomic E-state index is -1.39. The van der Waals surface area contributed by atoms with Gasteiger partial charge in [-0.05, 0) is 12.1 Å². The summed E-state index contributed by atoms with van der Waals surface area (Å²) in [5.41, 5.74) is 4.07. The first-order chi connectivity index (χ1) is 8.97. The monoisotopic (exact) mass is 270 g/mol. The third kappa shape index (κ3) is 2.26. The van der Waals surface area contributed by atoms with E-state index in [-0.39, 0.29) is 5.56 Å². The van der Waals surface area contributed by atoms with Crippen molar-refractivity contribution in [3.05, 3.63) is 34.2 Å². The Bertz CT molecular complexity index is 542. The van der Waals surface area contributed by atoms with E-state index in [1.807, 2.05) is 0 Å². The minimum Gasteiger partial charge on any atom is -0.394 e. The molecule has 1 aliphatic heterocycles. The molecule has 5 N–H and O–H groups in total. The van der Waals surface area contributed by atoms with Crippen LogP contribution in [0.15, 0.2) is 23.1 Å². The molecular formula is C11H14N2O6. The van der Waals surface area contributed by atoms with Gasteiger partial charge in [0.25, 0.3) is 11.5 Å². The highest BCUT2D eigenvalue weighted by Gasteiger charge is 2.43. The van der Waals surface area contributed by atoms with Gasteiger partial charge in [0.1, 0.15) is 23.9 Å². The molecule has 1 aromatic heterocycles. The number of carbonyl (C=O) groups is 1. The SMILES string of the molecule is NC(=O)c1cccn([C@@H]2O[C@H](CO)[C@@H](O)[C@H]2O)c1=O. The molecule has 0 aromatic carbocycles. The summed E-state index contributed by atoms with van der Waals surface area (Å²) < 4.78 is 6.16. The fourth-order valence-corrected chi connectivity index (χ4v) is 2.01. The van der Waals surface area contributed by atoms with E-state index in [4.69, 9.17) is 15.6 Å². The molecule has 1 fully saturated rings. The lowest BCUT2D eigenvalue weighted by atomic mass is 10.1. The van der Waals surface area contributed by atoms with Crippen LogP contribution in [-0.2, 0) is 4.74 Å². The van der Waals surface area contributed by atoms with Gasteiger partial charge in [-0.3, -0.25) is 14.2 Å². The number of pyridine rings is 1. The van der Waals surface area contributed by atoms with Crippen LogP contribution in [0.1, 0.15) is 16.6 Å². The summed E-state index contributed by atoms with van der Waals surface area (Å²) in [5, 5.41) is 28.4. The number of hydrogen-bond donors (Lipinski definition) is 4. The van der Waals surface area contributed by atoms with Crippen LogP contribution in [0.3, 0.4) is 0 Å². The molecule has 1 saturated heterocycles. The van der Waals surface area contributed by atoms with E-state index in [1.54, 1.807) is 0 Å². The van der Waals surface area contributed by atoms with Crippen LogP contribution in [0.5, 0.6) is 0 Å². The standard InChI is InChI=1S/C11H14N2O6/c12-9(17)5-2-1-3-13(10(5)18)11-8(16)7(15)6(4-14)19-11/h1-3,6-8,11,14-16H,4H2,(H2,12,17)/t6-,7-,8-,11-/m1/s1. The molecule has 0 unspecified atom stereocenters. The van der Waals surface area contributed by atoms with Crippen molar-refractivity contribution in [3.63, 3.8) is 0 Å². The van der Waals surface area contributed by atoms with Crippen molar-refractivity contribution in [1.29, 1.82) is 0 Å². The second kappa shape index (κ2) is 5.10. The molecule has 2 heterocycles. The minimum absolute atomic E-state index is 0.250. The van der Waals surface area contributed by atoms with E-state index in [9.17, 15) is 19.8 Å².